The minimum atomic E-state index is -0.0949. The van der Waals surface area contributed by atoms with Crippen molar-refractivity contribution in [1.29, 1.82) is 0 Å². The largest absolute Gasteiger partial charge is 0.346 e. The SMILES string of the molecule is CC(C)C[C@@H](C(=O)N1CCN(CCn2ccc3ccc(Cl)cc32)CC1)n1cccc1. The number of fused-ring (bicyclic) bond motifs is 1. The molecule has 160 valence electrons. The highest BCUT2D eigenvalue weighted by molar-refractivity contribution is 6.31. The molecule has 0 unspecified atom stereocenters. The van der Waals surface area contributed by atoms with Gasteiger partial charge in [-0.2, -0.15) is 0 Å². The number of nitrogens with zero attached hydrogens (tertiary/aromatic N) is 4. The number of piperazine rings is 1. The Kier molecular flexibility index (Phi) is 6.49. The van der Waals surface area contributed by atoms with Gasteiger partial charge in [-0.05, 0) is 48.1 Å². The predicted octanol–water partition coefficient (Wildman–Crippen LogP) is 4.53. The Morgan fingerprint density at radius 3 is 2.43 bits per heavy atom. The fourth-order valence-corrected chi connectivity index (χ4v) is 4.52. The number of hydrogen-bond acceptors (Lipinski definition) is 2. The Morgan fingerprint density at radius 1 is 1.00 bits per heavy atom. The van der Waals surface area contributed by atoms with Crippen molar-refractivity contribution in [2.75, 3.05) is 32.7 Å². The van der Waals surface area contributed by atoms with Crippen LogP contribution in [0.1, 0.15) is 26.3 Å². The summed E-state index contributed by atoms with van der Waals surface area (Å²) in [7, 11) is 0. The lowest BCUT2D eigenvalue weighted by molar-refractivity contribution is -0.137. The van der Waals surface area contributed by atoms with Crippen molar-refractivity contribution >= 4 is 28.4 Å². The number of halogens is 1. The van der Waals surface area contributed by atoms with Crippen LogP contribution in [0.25, 0.3) is 10.9 Å². The molecule has 5 nitrogen and oxygen atoms in total. The second-order valence-corrected chi connectivity index (χ2v) is 9.09. The van der Waals surface area contributed by atoms with Crippen molar-refractivity contribution in [3.63, 3.8) is 0 Å². The van der Waals surface area contributed by atoms with Crippen LogP contribution in [-0.4, -0.2) is 57.6 Å². The highest BCUT2D eigenvalue weighted by Gasteiger charge is 2.28. The van der Waals surface area contributed by atoms with Crippen LogP contribution in [0, 0.1) is 5.92 Å². The molecule has 4 rings (SSSR count). The number of rotatable bonds is 7. The molecule has 0 bridgehead atoms. The van der Waals surface area contributed by atoms with Gasteiger partial charge in [0, 0.05) is 68.4 Å². The van der Waals surface area contributed by atoms with E-state index in [4.69, 9.17) is 11.6 Å². The number of benzene rings is 1. The molecule has 0 spiro atoms. The molecule has 0 radical (unpaired) electrons. The number of hydrogen-bond donors (Lipinski definition) is 0. The van der Waals surface area contributed by atoms with E-state index in [0.717, 1.165) is 50.7 Å². The second kappa shape index (κ2) is 9.27. The van der Waals surface area contributed by atoms with Crippen molar-refractivity contribution in [2.45, 2.75) is 32.9 Å². The van der Waals surface area contributed by atoms with E-state index >= 15 is 0 Å². The smallest absolute Gasteiger partial charge is 0.245 e. The Morgan fingerprint density at radius 2 is 1.73 bits per heavy atom. The van der Waals surface area contributed by atoms with Crippen LogP contribution in [0.15, 0.2) is 55.0 Å². The van der Waals surface area contributed by atoms with Crippen LogP contribution < -0.4 is 0 Å². The van der Waals surface area contributed by atoms with Crippen LogP contribution in [-0.2, 0) is 11.3 Å². The van der Waals surface area contributed by atoms with Gasteiger partial charge in [0.25, 0.3) is 0 Å². The lowest BCUT2D eigenvalue weighted by Crippen LogP contribution is -2.51. The summed E-state index contributed by atoms with van der Waals surface area (Å²) in [5, 5.41) is 1.99. The normalized spacial score (nSPS) is 16.5. The van der Waals surface area contributed by atoms with Crippen molar-refractivity contribution in [1.82, 2.24) is 18.9 Å². The third-order valence-corrected chi connectivity index (χ3v) is 6.28. The third-order valence-electron chi connectivity index (χ3n) is 6.04. The molecule has 1 aliphatic rings. The molecule has 1 saturated heterocycles. The minimum Gasteiger partial charge on any atom is -0.346 e. The van der Waals surface area contributed by atoms with E-state index in [9.17, 15) is 4.79 Å². The molecule has 1 fully saturated rings. The summed E-state index contributed by atoms with van der Waals surface area (Å²) in [5.74, 6) is 0.734. The fourth-order valence-electron chi connectivity index (χ4n) is 4.36. The monoisotopic (exact) mass is 426 g/mol. The number of carbonyl (C=O) groups excluding carboxylic acids is 1. The Bertz CT molecular complexity index is 970. The summed E-state index contributed by atoms with van der Waals surface area (Å²) < 4.78 is 4.33. The van der Waals surface area contributed by atoms with Crippen molar-refractivity contribution in [3.05, 3.63) is 60.0 Å². The molecule has 30 heavy (non-hydrogen) atoms. The maximum absolute atomic E-state index is 13.2. The van der Waals surface area contributed by atoms with Gasteiger partial charge in [0.05, 0.1) is 0 Å². The maximum atomic E-state index is 13.2. The molecule has 0 N–H and O–H groups in total. The molecule has 1 aliphatic heterocycles. The van der Waals surface area contributed by atoms with E-state index in [-0.39, 0.29) is 11.9 Å². The molecule has 0 saturated carbocycles. The van der Waals surface area contributed by atoms with Crippen molar-refractivity contribution in [2.24, 2.45) is 5.92 Å². The summed E-state index contributed by atoms with van der Waals surface area (Å²) >= 11 is 6.17. The molecule has 1 aromatic carbocycles. The van der Waals surface area contributed by atoms with Gasteiger partial charge in [0.15, 0.2) is 0 Å². The Labute approximate surface area is 183 Å². The number of amides is 1. The summed E-state index contributed by atoms with van der Waals surface area (Å²) in [6.45, 7) is 9.71. The third kappa shape index (κ3) is 4.73. The topological polar surface area (TPSA) is 33.4 Å². The van der Waals surface area contributed by atoms with Crippen LogP contribution >= 0.6 is 11.6 Å². The van der Waals surface area contributed by atoms with Gasteiger partial charge in [-0.15, -0.1) is 0 Å². The van der Waals surface area contributed by atoms with E-state index < -0.39 is 0 Å². The summed E-state index contributed by atoms with van der Waals surface area (Å²) in [4.78, 5) is 17.7. The molecule has 1 amide bonds. The van der Waals surface area contributed by atoms with Crippen molar-refractivity contribution in [3.8, 4) is 0 Å². The van der Waals surface area contributed by atoms with E-state index in [1.165, 1.54) is 10.9 Å². The molecule has 6 heteroatoms. The van der Waals surface area contributed by atoms with Gasteiger partial charge in [-0.25, -0.2) is 0 Å². The van der Waals surface area contributed by atoms with Crippen LogP contribution in [0.5, 0.6) is 0 Å². The van der Waals surface area contributed by atoms with Gasteiger partial charge >= 0.3 is 0 Å². The van der Waals surface area contributed by atoms with Crippen LogP contribution in [0.3, 0.4) is 0 Å². The van der Waals surface area contributed by atoms with Crippen LogP contribution in [0.4, 0.5) is 0 Å². The fraction of sp³-hybridized carbons (Fsp3) is 0.458. The molecule has 3 aromatic rings. The maximum Gasteiger partial charge on any atom is 0.245 e. The molecule has 1 atom stereocenters. The van der Waals surface area contributed by atoms with E-state index in [2.05, 4.69) is 46.2 Å². The van der Waals surface area contributed by atoms with Gasteiger partial charge < -0.3 is 14.0 Å². The summed E-state index contributed by atoms with van der Waals surface area (Å²) in [6.07, 6.45) is 7.02. The number of carbonyl (C=O) groups is 1. The average molecular weight is 427 g/mol. The first-order valence-corrected chi connectivity index (χ1v) is 11.3. The van der Waals surface area contributed by atoms with E-state index in [0.29, 0.717) is 5.92 Å². The first-order chi connectivity index (χ1) is 14.5. The quantitative estimate of drug-likeness (QED) is 0.556. The molecule has 2 aromatic heterocycles. The van der Waals surface area contributed by atoms with Gasteiger partial charge in [0.2, 0.25) is 5.91 Å². The zero-order valence-corrected chi connectivity index (χ0v) is 18.6. The van der Waals surface area contributed by atoms with E-state index in [1.807, 2.05) is 41.6 Å². The second-order valence-electron chi connectivity index (χ2n) is 8.65. The average Bonchev–Trinajstić information content (AvgIpc) is 3.40. The lowest BCUT2D eigenvalue weighted by atomic mass is 10.0. The highest BCUT2D eigenvalue weighted by Crippen LogP contribution is 2.22. The predicted molar refractivity (Wildman–Crippen MR) is 123 cm³/mol. The van der Waals surface area contributed by atoms with Gasteiger partial charge in [0.1, 0.15) is 6.04 Å². The van der Waals surface area contributed by atoms with Gasteiger partial charge in [-0.1, -0.05) is 31.5 Å². The Balaban J connectivity index is 1.33. The highest BCUT2D eigenvalue weighted by atomic mass is 35.5. The summed E-state index contributed by atoms with van der Waals surface area (Å²) in [6, 6.07) is 12.1. The van der Waals surface area contributed by atoms with E-state index in [1.54, 1.807) is 0 Å². The van der Waals surface area contributed by atoms with Gasteiger partial charge in [-0.3, -0.25) is 9.69 Å². The van der Waals surface area contributed by atoms with Crippen LogP contribution in [0.2, 0.25) is 5.02 Å². The van der Waals surface area contributed by atoms with Crippen molar-refractivity contribution < 1.29 is 4.79 Å². The standard InChI is InChI=1S/C24H31ClN4O/c1-19(2)17-23(27-8-3-4-9-27)24(30)29-15-12-26(13-16-29)11-14-28-10-7-20-5-6-21(25)18-22(20)28/h3-10,18-19,23H,11-17H2,1-2H3/t23-/m0/s1. The summed E-state index contributed by atoms with van der Waals surface area (Å²) in [5.41, 5.74) is 1.18. The minimum absolute atomic E-state index is 0.0949. The molecule has 3 heterocycles. The first kappa shape index (κ1) is 21.0. The molecular formula is C24H31ClN4O. The molecular weight excluding hydrogens is 396 g/mol. The lowest BCUT2D eigenvalue weighted by Gasteiger charge is -2.37. The number of aromatic nitrogens is 2. The zero-order chi connectivity index (χ0) is 21.1. The molecule has 0 aliphatic carbocycles. The first-order valence-electron chi connectivity index (χ1n) is 10.9. The zero-order valence-electron chi connectivity index (χ0n) is 17.9. The Hall–Kier alpha value is -2.24.